The third-order valence-corrected chi connectivity index (χ3v) is 4.87. The first-order valence-corrected chi connectivity index (χ1v) is 9.71. The van der Waals surface area contributed by atoms with E-state index in [1.54, 1.807) is 19.1 Å². The number of amides is 1. The van der Waals surface area contributed by atoms with Crippen molar-refractivity contribution in [2.75, 3.05) is 11.9 Å². The Bertz CT molecular complexity index is 1270. The van der Waals surface area contributed by atoms with Gasteiger partial charge in [0.1, 0.15) is 5.82 Å². The molecule has 0 fully saturated rings. The highest BCUT2D eigenvalue weighted by Gasteiger charge is 2.21. The molecular weight excluding hydrogens is 395 g/mol. The minimum absolute atomic E-state index is 0.0282. The molecule has 1 amide bonds. The van der Waals surface area contributed by atoms with Crippen LogP contribution in [-0.2, 0) is 9.53 Å². The van der Waals surface area contributed by atoms with Crippen LogP contribution in [0, 0.1) is 12.7 Å². The zero-order valence-corrected chi connectivity index (χ0v) is 16.8. The number of nitrogens with zero attached hydrogens (tertiary/aromatic N) is 1. The number of benzene rings is 3. The maximum Gasteiger partial charge on any atom is 0.339 e. The van der Waals surface area contributed by atoms with E-state index in [2.05, 4.69) is 5.32 Å². The van der Waals surface area contributed by atoms with Crippen LogP contribution in [0.4, 0.5) is 10.1 Å². The van der Waals surface area contributed by atoms with E-state index in [1.807, 2.05) is 48.5 Å². The molecule has 31 heavy (non-hydrogen) atoms. The van der Waals surface area contributed by atoms with Crippen LogP contribution >= 0.6 is 0 Å². The normalized spacial score (nSPS) is 10.6. The summed E-state index contributed by atoms with van der Waals surface area (Å²) in [5, 5.41) is 3.04. The van der Waals surface area contributed by atoms with Crippen molar-refractivity contribution >= 4 is 28.5 Å². The summed E-state index contributed by atoms with van der Waals surface area (Å²) in [7, 11) is 0. The second-order valence-corrected chi connectivity index (χ2v) is 6.95. The van der Waals surface area contributed by atoms with E-state index in [1.165, 1.54) is 18.2 Å². The quantitative estimate of drug-likeness (QED) is 0.459. The lowest BCUT2D eigenvalue weighted by molar-refractivity contribution is -0.119. The lowest BCUT2D eigenvalue weighted by Gasteiger charge is -2.14. The number of halogens is 1. The molecule has 0 radical (unpaired) electrons. The third kappa shape index (κ3) is 4.28. The number of carbonyl (C=O) groups is 2. The molecule has 3 aromatic carbocycles. The molecule has 5 nitrogen and oxygen atoms in total. The monoisotopic (exact) mass is 414 g/mol. The van der Waals surface area contributed by atoms with Crippen LogP contribution in [0.2, 0.25) is 0 Å². The number of para-hydroxylation sites is 2. The number of carbonyl (C=O) groups excluding carboxylic acids is 2. The van der Waals surface area contributed by atoms with Crippen LogP contribution in [-0.4, -0.2) is 23.5 Å². The highest BCUT2D eigenvalue weighted by atomic mass is 19.1. The summed E-state index contributed by atoms with van der Waals surface area (Å²) in [6, 6.07) is 22.6. The first-order valence-electron chi connectivity index (χ1n) is 9.71. The van der Waals surface area contributed by atoms with Gasteiger partial charge in [0, 0.05) is 10.9 Å². The summed E-state index contributed by atoms with van der Waals surface area (Å²) in [5.41, 5.74) is 3.22. The molecule has 4 aromatic rings. The SMILES string of the molecule is Cc1c(-c2ccccc2)nc2ccccc2c1C(=O)OCC(=O)Nc1ccccc1F. The molecule has 0 aliphatic carbocycles. The number of esters is 1. The largest absolute Gasteiger partial charge is 0.452 e. The predicted molar refractivity (Wildman–Crippen MR) is 117 cm³/mol. The fraction of sp³-hybridized carbons (Fsp3) is 0.0800. The van der Waals surface area contributed by atoms with Gasteiger partial charge in [-0.15, -0.1) is 0 Å². The van der Waals surface area contributed by atoms with Crippen molar-refractivity contribution in [2.45, 2.75) is 6.92 Å². The molecule has 0 unspecified atom stereocenters. The fourth-order valence-electron chi connectivity index (χ4n) is 3.40. The van der Waals surface area contributed by atoms with Crippen LogP contribution in [0.1, 0.15) is 15.9 Å². The van der Waals surface area contributed by atoms with Crippen LogP contribution in [0.5, 0.6) is 0 Å². The first-order chi connectivity index (χ1) is 15.0. The Labute approximate surface area is 178 Å². The molecule has 0 saturated carbocycles. The lowest BCUT2D eigenvalue weighted by atomic mass is 9.98. The maximum atomic E-state index is 13.7. The standard InChI is InChI=1S/C25H19FN2O3/c1-16-23(25(30)31-15-22(29)27-21-14-8-6-12-19(21)26)18-11-5-7-13-20(18)28-24(16)17-9-3-2-4-10-17/h2-14H,15H2,1H3,(H,27,29). The Morgan fingerprint density at radius 3 is 2.39 bits per heavy atom. The van der Waals surface area contributed by atoms with Crippen molar-refractivity contribution in [3.8, 4) is 11.3 Å². The molecule has 0 bridgehead atoms. The van der Waals surface area contributed by atoms with Gasteiger partial charge >= 0.3 is 5.97 Å². The Hall–Kier alpha value is -4.06. The van der Waals surface area contributed by atoms with E-state index >= 15 is 0 Å². The number of aromatic nitrogens is 1. The van der Waals surface area contributed by atoms with Gasteiger partial charge in [0.05, 0.1) is 22.5 Å². The van der Waals surface area contributed by atoms with Gasteiger partial charge in [0.15, 0.2) is 6.61 Å². The Morgan fingerprint density at radius 2 is 1.61 bits per heavy atom. The second-order valence-electron chi connectivity index (χ2n) is 6.95. The van der Waals surface area contributed by atoms with Crippen LogP contribution in [0.3, 0.4) is 0 Å². The zero-order valence-electron chi connectivity index (χ0n) is 16.8. The number of nitrogens with one attached hydrogen (secondary N) is 1. The van der Waals surface area contributed by atoms with Crippen LogP contribution < -0.4 is 5.32 Å². The van der Waals surface area contributed by atoms with Gasteiger partial charge < -0.3 is 10.1 Å². The van der Waals surface area contributed by atoms with Crippen molar-refractivity contribution in [2.24, 2.45) is 0 Å². The van der Waals surface area contributed by atoms with Crippen molar-refractivity contribution < 1.29 is 18.7 Å². The van der Waals surface area contributed by atoms with Gasteiger partial charge in [-0.25, -0.2) is 14.2 Å². The predicted octanol–water partition coefficient (Wildman–Crippen LogP) is 5.14. The molecule has 4 rings (SSSR count). The number of rotatable bonds is 5. The van der Waals surface area contributed by atoms with Crippen molar-refractivity contribution in [3.63, 3.8) is 0 Å². The highest BCUT2D eigenvalue weighted by molar-refractivity contribution is 6.07. The van der Waals surface area contributed by atoms with Gasteiger partial charge in [-0.05, 0) is 30.7 Å². The van der Waals surface area contributed by atoms with Gasteiger partial charge in [0.2, 0.25) is 0 Å². The van der Waals surface area contributed by atoms with Crippen molar-refractivity contribution in [1.29, 1.82) is 0 Å². The van der Waals surface area contributed by atoms with Gasteiger partial charge in [-0.1, -0.05) is 60.7 Å². The van der Waals surface area contributed by atoms with E-state index in [4.69, 9.17) is 9.72 Å². The highest BCUT2D eigenvalue weighted by Crippen LogP contribution is 2.30. The summed E-state index contributed by atoms with van der Waals surface area (Å²) in [4.78, 5) is 29.9. The summed E-state index contributed by atoms with van der Waals surface area (Å²) in [5.74, 6) is -1.83. The summed E-state index contributed by atoms with van der Waals surface area (Å²) in [6.45, 7) is 1.27. The fourth-order valence-corrected chi connectivity index (χ4v) is 3.40. The number of pyridine rings is 1. The van der Waals surface area contributed by atoms with E-state index in [0.29, 0.717) is 27.7 Å². The molecule has 0 saturated heterocycles. The summed E-state index contributed by atoms with van der Waals surface area (Å²) < 4.78 is 19.0. The smallest absolute Gasteiger partial charge is 0.339 e. The van der Waals surface area contributed by atoms with Gasteiger partial charge in [-0.2, -0.15) is 0 Å². The summed E-state index contributed by atoms with van der Waals surface area (Å²) in [6.07, 6.45) is 0. The maximum absolute atomic E-state index is 13.7. The Morgan fingerprint density at radius 1 is 0.935 bits per heavy atom. The van der Waals surface area contributed by atoms with Gasteiger partial charge in [-0.3, -0.25) is 4.79 Å². The van der Waals surface area contributed by atoms with E-state index in [9.17, 15) is 14.0 Å². The molecule has 154 valence electrons. The number of ether oxygens (including phenoxy) is 1. The Kier molecular flexibility index (Phi) is 5.71. The molecular formula is C25H19FN2O3. The third-order valence-electron chi connectivity index (χ3n) is 4.87. The average molecular weight is 414 g/mol. The van der Waals surface area contributed by atoms with E-state index in [-0.39, 0.29) is 5.69 Å². The molecule has 0 aliphatic rings. The van der Waals surface area contributed by atoms with Crippen molar-refractivity contribution in [3.05, 3.63) is 95.8 Å². The van der Waals surface area contributed by atoms with Crippen LogP contribution in [0.25, 0.3) is 22.2 Å². The molecule has 1 heterocycles. The van der Waals surface area contributed by atoms with E-state index in [0.717, 1.165) is 5.56 Å². The minimum atomic E-state index is -0.642. The number of fused-ring (bicyclic) bond motifs is 1. The molecule has 1 aromatic heterocycles. The lowest BCUT2D eigenvalue weighted by Crippen LogP contribution is -2.22. The van der Waals surface area contributed by atoms with Crippen molar-refractivity contribution in [1.82, 2.24) is 4.98 Å². The number of hydrogen-bond acceptors (Lipinski definition) is 4. The number of anilines is 1. The van der Waals surface area contributed by atoms with E-state index < -0.39 is 24.3 Å². The topological polar surface area (TPSA) is 68.3 Å². The van der Waals surface area contributed by atoms with Gasteiger partial charge in [0.25, 0.3) is 5.91 Å². The molecule has 0 spiro atoms. The molecule has 0 atom stereocenters. The average Bonchev–Trinajstić information content (AvgIpc) is 2.79. The molecule has 0 aliphatic heterocycles. The molecule has 1 N–H and O–H groups in total. The minimum Gasteiger partial charge on any atom is -0.452 e. The Balaban J connectivity index is 1.62. The second kappa shape index (κ2) is 8.75. The first kappa shape index (κ1) is 20.2. The van der Waals surface area contributed by atoms with Crippen LogP contribution in [0.15, 0.2) is 78.9 Å². The summed E-state index contributed by atoms with van der Waals surface area (Å²) >= 11 is 0. The number of hydrogen-bond donors (Lipinski definition) is 1. The zero-order chi connectivity index (χ0) is 21.8. The molecule has 6 heteroatoms.